The Balaban J connectivity index is 1.97. The van der Waals surface area contributed by atoms with E-state index in [0.717, 1.165) is 25.0 Å². The number of rotatable bonds is 4. The van der Waals surface area contributed by atoms with Crippen LogP contribution in [0.2, 0.25) is 0 Å². The van der Waals surface area contributed by atoms with Crippen molar-refractivity contribution in [1.29, 1.82) is 0 Å². The molecule has 18 heavy (non-hydrogen) atoms. The maximum absolute atomic E-state index is 12.1. The Hall–Kier alpha value is -1.17. The van der Waals surface area contributed by atoms with Crippen molar-refractivity contribution in [2.24, 2.45) is 0 Å². The molecule has 2 atom stereocenters. The van der Waals surface area contributed by atoms with Gasteiger partial charge in [0.15, 0.2) is 5.69 Å². The van der Waals surface area contributed by atoms with E-state index in [4.69, 9.17) is 5.73 Å². The van der Waals surface area contributed by atoms with E-state index >= 15 is 0 Å². The fourth-order valence-corrected chi connectivity index (χ4v) is 3.16. The number of anilines is 1. The molecule has 0 saturated heterocycles. The molecule has 0 aromatic carbocycles. The Morgan fingerprint density at radius 2 is 2.39 bits per heavy atom. The second-order valence-corrected chi connectivity index (χ2v) is 5.80. The van der Waals surface area contributed by atoms with Crippen molar-refractivity contribution in [2.75, 3.05) is 12.0 Å². The average Bonchev–Trinajstić information content (AvgIpc) is 2.95. The highest BCUT2D eigenvalue weighted by atomic mass is 32.2. The molecule has 1 aromatic rings. The summed E-state index contributed by atoms with van der Waals surface area (Å²) in [6, 6.07) is 0.260. The maximum Gasteiger partial charge on any atom is 0.274 e. The minimum absolute atomic E-state index is 0.157. The summed E-state index contributed by atoms with van der Waals surface area (Å²) in [6.07, 6.45) is 6.13. The zero-order valence-corrected chi connectivity index (χ0v) is 11.6. The largest absolute Gasteiger partial charge is 0.395 e. The Labute approximate surface area is 111 Å². The van der Waals surface area contributed by atoms with E-state index in [9.17, 15) is 4.79 Å². The summed E-state index contributed by atoms with van der Waals surface area (Å²) < 4.78 is 0. The van der Waals surface area contributed by atoms with Gasteiger partial charge in [0.2, 0.25) is 0 Å². The van der Waals surface area contributed by atoms with Crippen LogP contribution in [0.5, 0.6) is 0 Å². The predicted octanol–water partition coefficient (Wildman–Crippen LogP) is 1.57. The van der Waals surface area contributed by atoms with Crippen molar-refractivity contribution in [1.82, 2.24) is 15.5 Å². The number of aryl methyl sites for hydroxylation is 1. The molecule has 6 heteroatoms. The molecule has 1 aliphatic carbocycles. The number of carbonyl (C=O) groups is 1. The van der Waals surface area contributed by atoms with Gasteiger partial charge in [-0.15, -0.1) is 0 Å². The molecule has 0 bridgehead atoms. The minimum atomic E-state index is -0.157. The number of amides is 1. The van der Waals surface area contributed by atoms with Gasteiger partial charge in [0.1, 0.15) is 0 Å². The molecule has 5 nitrogen and oxygen atoms in total. The zero-order chi connectivity index (χ0) is 13.1. The summed E-state index contributed by atoms with van der Waals surface area (Å²) in [5, 5.41) is 10.5. The maximum atomic E-state index is 12.1. The topological polar surface area (TPSA) is 83.8 Å². The van der Waals surface area contributed by atoms with Crippen molar-refractivity contribution >= 4 is 23.4 Å². The number of aromatic nitrogens is 2. The highest BCUT2D eigenvalue weighted by molar-refractivity contribution is 7.99. The van der Waals surface area contributed by atoms with Crippen LogP contribution in [0.15, 0.2) is 0 Å². The summed E-state index contributed by atoms with van der Waals surface area (Å²) in [6.45, 7) is 1.98. The predicted molar refractivity (Wildman–Crippen MR) is 74.8 cm³/mol. The van der Waals surface area contributed by atoms with Crippen LogP contribution in [-0.2, 0) is 6.42 Å². The summed E-state index contributed by atoms with van der Waals surface area (Å²) in [4.78, 5) is 12.1. The molecule has 1 fully saturated rings. The van der Waals surface area contributed by atoms with E-state index in [-0.39, 0.29) is 11.9 Å². The molecule has 1 saturated carbocycles. The Kier molecular flexibility index (Phi) is 4.16. The number of thioether (sulfide) groups is 1. The number of hydrogen-bond donors (Lipinski definition) is 3. The third-order valence-corrected chi connectivity index (χ3v) is 4.60. The molecule has 1 heterocycles. The molecular formula is C12H20N4OS. The second kappa shape index (κ2) is 5.65. The lowest BCUT2D eigenvalue weighted by Crippen LogP contribution is -2.33. The number of nitrogens with zero attached hydrogens (tertiary/aromatic N) is 1. The summed E-state index contributed by atoms with van der Waals surface area (Å²) in [7, 11) is 0. The van der Waals surface area contributed by atoms with Crippen molar-refractivity contribution in [3.05, 3.63) is 11.4 Å². The molecule has 1 aromatic heterocycles. The van der Waals surface area contributed by atoms with Gasteiger partial charge in [0, 0.05) is 11.3 Å². The SMILES string of the molecule is CCc1[nH]nc(C(=O)NC2CCC(SC)C2)c1N. The molecule has 0 radical (unpaired) electrons. The molecule has 0 spiro atoms. The number of nitrogens with one attached hydrogen (secondary N) is 2. The average molecular weight is 268 g/mol. The third-order valence-electron chi connectivity index (χ3n) is 3.50. The Morgan fingerprint density at radius 3 is 2.94 bits per heavy atom. The Morgan fingerprint density at radius 1 is 1.61 bits per heavy atom. The summed E-state index contributed by atoms with van der Waals surface area (Å²) >= 11 is 1.87. The second-order valence-electron chi connectivity index (χ2n) is 4.66. The van der Waals surface area contributed by atoms with Gasteiger partial charge in [-0.25, -0.2) is 0 Å². The van der Waals surface area contributed by atoms with Gasteiger partial charge in [0.05, 0.1) is 11.4 Å². The highest BCUT2D eigenvalue weighted by Gasteiger charge is 2.27. The number of nitrogens with two attached hydrogens (primary N) is 1. The van der Waals surface area contributed by atoms with Gasteiger partial charge in [-0.05, 0) is 31.9 Å². The number of hydrogen-bond acceptors (Lipinski definition) is 4. The lowest BCUT2D eigenvalue weighted by Gasteiger charge is -2.11. The van der Waals surface area contributed by atoms with Crippen molar-refractivity contribution in [2.45, 2.75) is 43.9 Å². The molecule has 1 amide bonds. The van der Waals surface area contributed by atoms with E-state index < -0.39 is 0 Å². The monoisotopic (exact) mass is 268 g/mol. The standard InChI is InChI=1S/C12H20N4OS/c1-3-9-10(13)11(16-15-9)12(17)14-7-4-5-8(6-7)18-2/h7-8H,3-6,13H2,1-2H3,(H,14,17)(H,15,16). The lowest BCUT2D eigenvalue weighted by atomic mass is 10.2. The van der Waals surface area contributed by atoms with E-state index in [1.807, 2.05) is 18.7 Å². The van der Waals surface area contributed by atoms with Gasteiger partial charge in [-0.2, -0.15) is 16.9 Å². The van der Waals surface area contributed by atoms with Crippen molar-refractivity contribution in [3.8, 4) is 0 Å². The smallest absolute Gasteiger partial charge is 0.274 e. The van der Waals surface area contributed by atoms with Gasteiger partial charge in [-0.3, -0.25) is 9.89 Å². The van der Waals surface area contributed by atoms with Crippen LogP contribution in [-0.4, -0.2) is 33.7 Å². The van der Waals surface area contributed by atoms with E-state index in [0.29, 0.717) is 16.6 Å². The molecule has 100 valence electrons. The van der Waals surface area contributed by atoms with Gasteiger partial charge >= 0.3 is 0 Å². The summed E-state index contributed by atoms with van der Waals surface area (Å²) in [5.74, 6) is -0.157. The normalized spacial score (nSPS) is 23.2. The zero-order valence-electron chi connectivity index (χ0n) is 10.8. The number of aromatic amines is 1. The van der Waals surface area contributed by atoms with Crippen LogP contribution < -0.4 is 11.1 Å². The van der Waals surface area contributed by atoms with E-state index in [2.05, 4.69) is 21.8 Å². The molecule has 4 N–H and O–H groups in total. The summed E-state index contributed by atoms with van der Waals surface area (Å²) in [5.41, 5.74) is 7.52. The van der Waals surface area contributed by atoms with Crippen LogP contribution in [0.25, 0.3) is 0 Å². The molecular weight excluding hydrogens is 248 g/mol. The van der Waals surface area contributed by atoms with Gasteiger partial charge in [0.25, 0.3) is 5.91 Å². The van der Waals surface area contributed by atoms with Crippen molar-refractivity contribution < 1.29 is 4.79 Å². The third kappa shape index (κ3) is 2.63. The highest BCUT2D eigenvalue weighted by Crippen LogP contribution is 2.28. The first kappa shape index (κ1) is 13.3. The molecule has 2 rings (SSSR count). The first-order chi connectivity index (χ1) is 8.65. The van der Waals surface area contributed by atoms with E-state index in [1.165, 1.54) is 6.42 Å². The van der Waals surface area contributed by atoms with Crippen LogP contribution in [0, 0.1) is 0 Å². The van der Waals surface area contributed by atoms with Crippen molar-refractivity contribution in [3.63, 3.8) is 0 Å². The first-order valence-electron chi connectivity index (χ1n) is 6.32. The quantitative estimate of drug-likeness (QED) is 0.774. The minimum Gasteiger partial charge on any atom is -0.395 e. The molecule has 0 aliphatic heterocycles. The number of H-pyrrole nitrogens is 1. The lowest BCUT2D eigenvalue weighted by molar-refractivity contribution is 0.0934. The van der Waals surface area contributed by atoms with E-state index in [1.54, 1.807) is 0 Å². The molecule has 2 unspecified atom stereocenters. The molecule has 1 aliphatic rings. The first-order valence-corrected chi connectivity index (χ1v) is 7.60. The van der Waals surface area contributed by atoms with Gasteiger partial charge in [-0.1, -0.05) is 6.92 Å². The van der Waals surface area contributed by atoms with Crippen LogP contribution in [0.3, 0.4) is 0 Å². The van der Waals surface area contributed by atoms with Gasteiger partial charge < -0.3 is 11.1 Å². The van der Waals surface area contributed by atoms with Crippen LogP contribution in [0.4, 0.5) is 5.69 Å². The van der Waals surface area contributed by atoms with Crippen LogP contribution >= 0.6 is 11.8 Å². The number of carbonyl (C=O) groups excluding carboxylic acids is 1. The fourth-order valence-electron chi connectivity index (χ4n) is 2.37. The van der Waals surface area contributed by atoms with Crippen LogP contribution in [0.1, 0.15) is 42.4 Å². The number of nitrogen functional groups attached to an aromatic ring is 1. The fraction of sp³-hybridized carbons (Fsp3) is 0.667. The Bertz CT molecular complexity index is 432.